The number of amides is 1. The maximum atomic E-state index is 12.5. The smallest absolute Gasteiger partial charge is 0.282 e. The largest absolute Gasteiger partial charge is 0.350 e. The lowest BCUT2D eigenvalue weighted by atomic mass is 10.1. The number of hydrogen-bond acceptors (Lipinski definition) is 5. The molecule has 1 aliphatic rings. The summed E-state index contributed by atoms with van der Waals surface area (Å²) in [4.78, 5) is 26.6. The summed E-state index contributed by atoms with van der Waals surface area (Å²) in [5, 5.41) is 16.3. The Morgan fingerprint density at radius 2 is 2.12 bits per heavy atom. The molecular weight excluding hydrogens is 362 g/mol. The van der Waals surface area contributed by atoms with Gasteiger partial charge in [-0.2, -0.15) is 0 Å². The monoisotopic (exact) mass is 379 g/mol. The molecule has 1 amide bonds. The fourth-order valence-electron chi connectivity index (χ4n) is 3.08. The number of hydrogen-bond donors (Lipinski definition) is 1. The van der Waals surface area contributed by atoms with Crippen LogP contribution in [0.25, 0.3) is 0 Å². The second-order valence-electron chi connectivity index (χ2n) is 5.90. The Morgan fingerprint density at radius 3 is 2.76 bits per heavy atom. The van der Waals surface area contributed by atoms with Crippen molar-refractivity contribution >= 4 is 34.5 Å². The molecule has 1 unspecified atom stereocenters. The van der Waals surface area contributed by atoms with E-state index >= 15 is 0 Å². The first-order valence-corrected chi connectivity index (χ1v) is 9.31. The Bertz CT molecular complexity index is 761. The lowest BCUT2D eigenvalue weighted by Gasteiger charge is -2.26. The Balaban J connectivity index is 1.76. The van der Waals surface area contributed by atoms with E-state index in [4.69, 9.17) is 11.6 Å². The van der Waals surface area contributed by atoms with Gasteiger partial charge in [0.1, 0.15) is 5.56 Å². The molecule has 25 heavy (non-hydrogen) atoms. The maximum absolute atomic E-state index is 12.5. The Kier molecular flexibility index (Phi) is 5.67. The van der Waals surface area contributed by atoms with Crippen molar-refractivity contribution in [2.45, 2.75) is 18.9 Å². The first-order chi connectivity index (χ1) is 12.1. The van der Waals surface area contributed by atoms with Crippen molar-refractivity contribution in [3.8, 4) is 0 Å². The fourth-order valence-corrected chi connectivity index (χ4v) is 4.11. The third-order valence-electron chi connectivity index (χ3n) is 4.31. The minimum absolute atomic E-state index is 0.0103. The summed E-state index contributed by atoms with van der Waals surface area (Å²) in [6.07, 6.45) is 2.30. The third kappa shape index (κ3) is 4.18. The zero-order valence-corrected chi connectivity index (χ0v) is 15.1. The average molecular weight is 380 g/mol. The highest BCUT2D eigenvalue weighted by atomic mass is 35.5. The van der Waals surface area contributed by atoms with Crippen LogP contribution in [0.2, 0.25) is 5.02 Å². The molecule has 1 fully saturated rings. The molecule has 0 spiro atoms. The third-order valence-corrected chi connectivity index (χ3v) is 5.52. The number of nitrogens with zero attached hydrogens (tertiary/aromatic N) is 2. The summed E-state index contributed by atoms with van der Waals surface area (Å²) in [6, 6.07) is 8.15. The molecule has 1 aromatic heterocycles. The van der Waals surface area contributed by atoms with Crippen LogP contribution in [-0.2, 0) is 0 Å². The zero-order valence-electron chi connectivity index (χ0n) is 13.5. The predicted molar refractivity (Wildman–Crippen MR) is 98.3 cm³/mol. The molecule has 1 atom stereocenters. The molecule has 132 valence electrons. The van der Waals surface area contributed by atoms with Gasteiger partial charge in [-0.25, -0.2) is 0 Å². The van der Waals surface area contributed by atoms with Gasteiger partial charge in [0.25, 0.3) is 11.6 Å². The molecule has 1 aliphatic heterocycles. The highest BCUT2D eigenvalue weighted by Crippen LogP contribution is 2.28. The molecule has 0 aliphatic carbocycles. The van der Waals surface area contributed by atoms with Crippen LogP contribution in [0.1, 0.15) is 34.1 Å². The summed E-state index contributed by atoms with van der Waals surface area (Å²) in [5.41, 5.74) is -0.250. The van der Waals surface area contributed by atoms with Crippen molar-refractivity contribution in [2.75, 3.05) is 19.6 Å². The van der Waals surface area contributed by atoms with Crippen molar-refractivity contribution in [3.05, 3.63) is 61.3 Å². The maximum Gasteiger partial charge on any atom is 0.282 e. The van der Waals surface area contributed by atoms with Crippen molar-refractivity contribution in [3.63, 3.8) is 0 Å². The van der Waals surface area contributed by atoms with Crippen LogP contribution in [0.3, 0.4) is 0 Å². The number of halogens is 1. The number of benzene rings is 1. The van der Waals surface area contributed by atoms with Gasteiger partial charge in [0.15, 0.2) is 0 Å². The zero-order chi connectivity index (χ0) is 17.8. The normalized spacial score (nSPS) is 15.9. The lowest BCUT2D eigenvalue weighted by Crippen LogP contribution is -2.36. The number of nitro benzene ring substituents is 1. The lowest BCUT2D eigenvalue weighted by molar-refractivity contribution is -0.385. The van der Waals surface area contributed by atoms with E-state index in [1.165, 1.54) is 23.1 Å². The number of rotatable bonds is 6. The highest BCUT2D eigenvalue weighted by molar-refractivity contribution is 7.10. The SMILES string of the molecule is O=C(NCC(c1cccs1)N1CCCC1)c1cc(Cl)ccc1[N+](=O)[O-]. The predicted octanol–water partition coefficient (Wildman–Crippen LogP) is 3.88. The summed E-state index contributed by atoms with van der Waals surface area (Å²) in [6.45, 7) is 2.40. The van der Waals surface area contributed by atoms with Gasteiger partial charge in [0.2, 0.25) is 0 Å². The quantitative estimate of drug-likeness (QED) is 0.610. The van der Waals surface area contributed by atoms with E-state index in [0.29, 0.717) is 11.6 Å². The van der Waals surface area contributed by atoms with E-state index in [0.717, 1.165) is 25.9 Å². The molecule has 1 aromatic carbocycles. The number of nitrogens with one attached hydrogen (secondary N) is 1. The van der Waals surface area contributed by atoms with E-state index in [1.807, 2.05) is 11.4 Å². The number of thiophene rings is 1. The van der Waals surface area contributed by atoms with E-state index in [2.05, 4.69) is 16.3 Å². The molecule has 1 saturated heterocycles. The van der Waals surface area contributed by atoms with Gasteiger partial charge in [-0.15, -0.1) is 11.3 Å². The number of nitro groups is 1. The Morgan fingerprint density at radius 1 is 1.36 bits per heavy atom. The molecule has 2 heterocycles. The Labute approximate surface area is 154 Å². The summed E-state index contributed by atoms with van der Waals surface area (Å²) in [7, 11) is 0. The van der Waals surface area contributed by atoms with Gasteiger partial charge in [0, 0.05) is 22.5 Å². The van der Waals surface area contributed by atoms with E-state index < -0.39 is 10.8 Å². The van der Waals surface area contributed by atoms with Gasteiger partial charge in [-0.3, -0.25) is 19.8 Å². The standard InChI is InChI=1S/C17H18ClN3O3S/c18-12-5-6-14(21(23)24)13(10-12)17(22)19-11-15(16-4-3-9-25-16)20-7-1-2-8-20/h3-6,9-10,15H,1-2,7-8,11H2,(H,19,22). The molecule has 0 bridgehead atoms. The average Bonchev–Trinajstić information content (AvgIpc) is 3.28. The van der Waals surface area contributed by atoms with Gasteiger partial charge in [0.05, 0.1) is 11.0 Å². The topological polar surface area (TPSA) is 75.5 Å². The fraction of sp³-hybridized carbons (Fsp3) is 0.353. The minimum Gasteiger partial charge on any atom is -0.350 e. The van der Waals surface area contributed by atoms with Crippen molar-refractivity contribution in [1.29, 1.82) is 0 Å². The van der Waals surface area contributed by atoms with Crippen LogP contribution in [0, 0.1) is 10.1 Å². The van der Waals surface area contributed by atoms with Crippen LogP contribution >= 0.6 is 22.9 Å². The first-order valence-electron chi connectivity index (χ1n) is 8.06. The molecule has 1 N–H and O–H groups in total. The second kappa shape index (κ2) is 7.95. The molecule has 3 rings (SSSR count). The van der Waals surface area contributed by atoms with E-state index in [1.54, 1.807) is 11.3 Å². The number of carbonyl (C=O) groups excluding carboxylic acids is 1. The number of likely N-dealkylation sites (tertiary alicyclic amines) is 1. The van der Waals surface area contributed by atoms with Gasteiger partial charge >= 0.3 is 0 Å². The molecule has 0 saturated carbocycles. The molecule has 6 nitrogen and oxygen atoms in total. The van der Waals surface area contributed by atoms with Gasteiger partial charge < -0.3 is 5.32 Å². The second-order valence-corrected chi connectivity index (χ2v) is 7.32. The molecule has 2 aromatic rings. The van der Waals surface area contributed by atoms with Crippen LogP contribution in [0.15, 0.2) is 35.7 Å². The Hall–Kier alpha value is -1.96. The molecule has 0 radical (unpaired) electrons. The highest BCUT2D eigenvalue weighted by Gasteiger charge is 2.26. The van der Waals surface area contributed by atoms with Crippen molar-refractivity contribution in [2.24, 2.45) is 0 Å². The summed E-state index contributed by atoms with van der Waals surface area (Å²) in [5.74, 6) is -0.477. The first kappa shape index (κ1) is 17.8. The van der Waals surface area contributed by atoms with Gasteiger partial charge in [-0.1, -0.05) is 17.7 Å². The molecule has 8 heteroatoms. The van der Waals surface area contributed by atoms with Crippen LogP contribution in [0.5, 0.6) is 0 Å². The van der Waals surface area contributed by atoms with Crippen LogP contribution in [-0.4, -0.2) is 35.4 Å². The number of carbonyl (C=O) groups is 1. The van der Waals surface area contributed by atoms with Crippen molar-refractivity contribution < 1.29 is 9.72 Å². The summed E-state index contributed by atoms with van der Waals surface area (Å²) < 4.78 is 0. The van der Waals surface area contributed by atoms with Crippen LogP contribution in [0.4, 0.5) is 5.69 Å². The van der Waals surface area contributed by atoms with Gasteiger partial charge in [-0.05, 0) is 49.5 Å². The van der Waals surface area contributed by atoms with Crippen LogP contribution < -0.4 is 5.32 Å². The molecular formula is C17H18ClN3O3S. The van der Waals surface area contributed by atoms with E-state index in [9.17, 15) is 14.9 Å². The summed E-state index contributed by atoms with van der Waals surface area (Å²) >= 11 is 7.56. The van der Waals surface area contributed by atoms with Crippen molar-refractivity contribution in [1.82, 2.24) is 10.2 Å². The minimum atomic E-state index is -0.567. The van der Waals surface area contributed by atoms with E-state index in [-0.39, 0.29) is 17.3 Å².